The molecule has 1 atom stereocenters. The second kappa shape index (κ2) is 7.55. The zero-order valence-electron chi connectivity index (χ0n) is 17.2. The third-order valence-electron chi connectivity index (χ3n) is 7.96. The first-order valence-electron chi connectivity index (χ1n) is 11.4. The lowest BCUT2D eigenvalue weighted by atomic mass is 9.53. The monoisotopic (exact) mass is 399 g/mol. The Morgan fingerprint density at radius 3 is 2.45 bits per heavy atom. The summed E-state index contributed by atoms with van der Waals surface area (Å²) in [6, 6.07) is 3.70. The van der Waals surface area contributed by atoms with Crippen LogP contribution in [-0.4, -0.2) is 45.6 Å². The molecule has 4 saturated carbocycles. The van der Waals surface area contributed by atoms with Gasteiger partial charge in [-0.05, 0) is 87.8 Å². The molecular weight excluding hydrogens is 366 g/mol. The van der Waals surface area contributed by atoms with E-state index in [0.717, 1.165) is 68.5 Å². The van der Waals surface area contributed by atoms with E-state index in [1.165, 1.54) is 19.3 Å². The van der Waals surface area contributed by atoms with E-state index in [9.17, 15) is 14.7 Å². The molecule has 1 aliphatic heterocycles. The number of amides is 1. The van der Waals surface area contributed by atoms with Crippen LogP contribution in [0.1, 0.15) is 73.8 Å². The standard InChI is InChI=1S/C23H33N3O3/c27-14-19-3-1-2-6-26(19)13-18-4-5-20(21(28)24-18)22(29)25-23-10-15-7-16(11-23)9-17(8-15)12-23/h4-5,15-17,19,27H,1-3,6-14H2,(H,24,28)(H,25,29). The molecule has 2 heterocycles. The van der Waals surface area contributed by atoms with E-state index in [1.54, 1.807) is 6.07 Å². The minimum absolute atomic E-state index is 0.0842. The summed E-state index contributed by atoms with van der Waals surface area (Å²) in [6.45, 7) is 1.69. The fraction of sp³-hybridized carbons (Fsp3) is 0.739. The third-order valence-corrected chi connectivity index (χ3v) is 7.96. The van der Waals surface area contributed by atoms with Crippen molar-refractivity contribution in [1.82, 2.24) is 15.2 Å². The first-order valence-corrected chi connectivity index (χ1v) is 11.4. The van der Waals surface area contributed by atoms with E-state index in [4.69, 9.17) is 0 Å². The fourth-order valence-corrected chi connectivity index (χ4v) is 7.05. The number of nitrogens with one attached hydrogen (secondary N) is 2. The summed E-state index contributed by atoms with van der Waals surface area (Å²) in [4.78, 5) is 30.8. The van der Waals surface area contributed by atoms with Crippen LogP contribution < -0.4 is 10.9 Å². The number of aliphatic hydroxyl groups excluding tert-OH is 1. The molecule has 1 amide bonds. The molecule has 1 saturated heterocycles. The average Bonchev–Trinajstić information content (AvgIpc) is 2.67. The lowest BCUT2D eigenvalue weighted by Gasteiger charge is -2.56. The van der Waals surface area contributed by atoms with E-state index >= 15 is 0 Å². The number of hydrogen-bond donors (Lipinski definition) is 3. The van der Waals surface area contributed by atoms with Crippen LogP contribution in [-0.2, 0) is 6.54 Å². The first-order chi connectivity index (χ1) is 14.0. The molecule has 5 fully saturated rings. The Balaban J connectivity index is 1.28. The van der Waals surface area contributed by atoms with E-state index in [2.05, 4.69) is 15.2 Å². The molecule has 4 bridgehead atoms. The summed E-state index contributed by atoms with van der Waals surface area (Å²) < 4.78 is 0. The highest BCUT2D eigenvalue weighted by Gasteiger charge is 2.51. The van der Waals surface area contributed by atoms with Gasteiger partial charge in [0, 0.05) is 23.8 Å². The molecule has 1 aromatic rings. The molecule has 3 N–H and O–H groups in total. The number of aromatic amines is 1. The summed E-state index contributed by atoms with van der Waals surface area (Å²) in [5.41, 5.74) is 0.643. The van der Waals surface area contributed by atoms with Crippen molar-refractivity contribution in [2.24, 2.45) is 17.8 Å². The summed E-state index contributed by atoms with van der Waals surface area (Å²) in [6.07, 6.45) is 10.5. The molecule has 1 aromatic heterocycles. The summed E-state index contributed by atoms with van der Waals surface area (Å²) in [5.74, 6) is 2.05. The fourth-order valence-electron chi connectivity index (χ4n) is 7.05. The normalized spacial score (nSPS) is 36.3. The van der Waals surface area contributed by atoms with Gasteiger partial charge >= 0.3 is 0 Å². The highest BCUT2D eigenvalue weighted by atomic mass is 16.3. The van der Waals surface area contributed by atoms with Crippen molar-refractivity contribution in [3.05, 3.63) is 33.7 Å². The molecule has 0 radical (unpaired) electrons. The minimum Gasteiger partial charge on any atom is -0.395 e. The van der Waals surface area contributed by atoms with E-state index in [1.807, 2.05) is 6.07 Å². The lowest BCUT2D eigenvalue weighted by molar-refractivity contribution is -0.0167. The van der Waals surface area contributed by atoms with Crippen LogP contribution in [0.5, 0.6) is 0 Å². The van der Waals surface area contributed by atoms with Crippen molar-refractivity contribution < 1.29 is 9.90 Å². The molecule has 1 unspecified atom stereocenters. The molecule has 6 heteroatoms. The quantitative estimate of drug-likeness (QED) is 0.710. The van der Waals surface area contributed by atoms with Gasteiger partial charge in [0.2, 0.25) is 0 Å². The average molecular weight is 400 g/mol. The van der Waals surface area contributed by atoms with Crippen molar-refractivity contribution in [2.45, 2.75) is 75.9 Å². The number of hydrogen-bond acceptors (Lipinski definition) is 4. The van der Waals surface area contributed by atoms with Crippen LogP contribution in [0.4, 0.5) is 0 Å². The summed E-state index contributed by atoms with van der Waals surface area (Å²) >= 11 is 0. The van der Waals surface area contributed by atoms with Crippen LogP contribution in [0.3, 0.4) is 0 Å². The van der Waals surface area contributed by atoms with Crippen molar-refractivity contribution >= 4 is 5.91 Å². The Kier molecular flexibility index (Phi) is 5.03. The molecule has 4 aliphatic carbocycles. The number of pyridine rings is 1. The number of carbonyl (C=O) groups excluding carboxylic acids is 1. The van der Waals surface area contributed by atoms with E-state index < -0.39 is 0 Å². The third kappa shape index (κ3) is 3.77. The highest BCUT2D eigenvalue weighted by molar-refractivity contribution is 5.94. The predicted octanol–water partition coefficient (Wildman–Crippen LogP) is 2.42. The van der Waals surface area contributed by atoms with E-state index in [0.29, 0.717) is 6.54 Å². The van der Waals surface area contributed by atoms with Gasteiger partial charge in [-0.2, -0.15) is 0 Å². The minimum atomic E-state index is -0.303. The van der Waals surface area contributed by atoms with Crippen LogP contribution in [0.15, 0.2) is 16.9 Å². The maximum Gasteiger partial charge on any atom is 0.261 e. The van der Waals surface area contributed by atoms with Crippen LogP contribution in [0.2, 0.25) is 0 Å². The van der Waals surface area contributed by atoms with Crippen molar-refractivity contribution in [3.8, 4) is 0 Å². The lowest BCUT2D eigenvalue weighted by Crippen LogP contribution is -2.60. The number of carbonyl (C=O) groups is 1. The summed E-state index contributed by atoms with van der Waals surface area (Å²) in [7, 11) is 0. The van der Waals surface area contributed by atoms with E-state index in [-0.39, 0.29) is 35.2 Å². The van der Waals surface area contributed by atoms with Gasteiger partial charge in [-0.25, -0.2) is 0 Å². The maximum atomic E-state index is 13.0. The van der Waals surface area contributed by atoms with Gasteiger partial charge in [-0.15, -0.1) is 0 Å². The molecule has 29 heavy (non-hydrogen) atoms. The van der Waals surface area contributed by atoms with Crippen LogP contribution in [0, 0.1) is 17.8 Å². The molecule has 0 aromatic carbocycles. The van der Waals surface area contributed by atoms with Gasteiger partial charge in [0.1, 0.15) is 5.56 Å². The number of rotatable bonds is 5. The zero-order chi connectivity index (χ0) is 20.0. The van der Waals surface area contributed by atoms with Gasteiger partial charge in [-0.3, -0.25) is 14.5 Å². The first kappa shape index (κ1) is 19.3. The number of aromatic nitrogens is 1. The molecule has 158 valence electrons. The predicted molar refractivity (Wildman–Crippen MR) is 111 cm³/mol. The zero-order valence-corrected chi connectivity index (χ0v) is 17.2. The number of piperidine rings is 1. The molecule has 6 nitrogen and oxygen atoms in total. The van der Waals surface area contributed by atoms with Gasteiger partial charge in [-0.1, -0.05) is 6.42 Å². The number of H-pyrrole nitrogens is 1. The van der Waals surface area contributed by atoms with Gasteiger partial charge in [0.05, 0.1) is 6.61 Å². The topological polar surface area (TPSA) is 85.4 Å². The highest BCUT2D eigenvalue weighted by Crippen LogP contribution is 2.55. The Hall–Kier alpha value is -1.66. The smallest absolute Gasteiger partial charge is 0.261 e. The SMILES string of the molecule is O=C(NC12CC3CC(CC(C3)C1)C2)c1ccc(CN2CCCCC2CO)[nH]c1=O. The largest absolute Gasteiger partial charge is 0.395 e. The molecule has 5 aliphatic rings. The van der Waals surface area contributed by atoms with Gasteiger partial charge in [0.15, 0.2) is 0 Å². The maximum absolute atomic E-state index is 13.0. The number of likely N-dealkylation sites (tertiary alicyclic amines) is 1. The van der Waals surface area contributed by atoms with Crippen molar-refractivity contribution in [3.63, 3.8) is 0 Å². The Labute approximate surface area is 172 Å². The van der Waals surface area contributed by atoms with Crippen LogP contribution >= 0.6 is 0 Å². The summed E-state index contributed by atoms with van der Waals surface area (Å²) in [5, 5.41) is 12.9. The van der Waals surface area contributed by atoms with Crippen LogP contribution in [0.25, 0.3) is 0 Å². The van der Waals surface area contributed by atoms with Gasteiger partial charge in [0.25, 0.3) is 11.5 Å². The Bertz CT molecular complexity index is 798. The van der Waals surface area contributed by atoms with Crippen molar-refractivity contribution in [1.29, 1.82) is 0 Å². The van der Waals surface area contributed by atoms with Crippen molar-refractivity contribution in [2.75, 3.05) is 13.2 Å². The Morgan fingerprint density at radius 1 is 1.14 bits per heavy atom. The second-order valence-corrected chi connectivity index (χ2v) is 10.2. The molecule has 6 rings (SSSR count). The molecule has 0 spiro atoms. The molecular formula is C23H33N3O3. The number of nitrogens with zero attached hydrogens (tertiary/aromatic N) is 1. The Morgan fingerprint density at radius 2 is 1.83 bits per heavy atom. The van der Waals surface area contributed by atoms with Gasteiger partial charge < -0.3 is 15.4 Å². The number of aliphatic hydroxyl groups is 1. The second-order valence-electron chi connectivity index (χ2n) is 10.2.